The Labute approximate surface area is 192 Å². The van der Waals surface area contributed by atoms with E-state index in [4.69, 9.17) is 22.3 Å². The second-order valence-electron chi connectivity index (χ2n) is 7.74. The van der Waals surface area contributed by atoms with Crippen molar-refractivity contribution >= 4 is 29.7 Å². The lowest BCUT2D eigenvalue weighted by Gasteiger charge is -2.28. The van der Waals surface area contributed by atoms with Gasteiger partial charge in [-0.25, -0.2) is 4.79 Å². The van der Waals surface area contributed by atoms with Crippen molar-refractivity contribution < 1.29 is 34.5 Å². The molecule has 3 amide bonds. The zero-order valence-corrected chi connectivity index (χ0v) is 19.2. The van der Waals surface area contributed by atoms with Gasteiger partial charge in [0.2, 0.25) is 17.7 Å². The molecular formula is C19H37N7O7. The Morgan fingerprint density at radius 3 is 2.00 bits per heavy atom. The van der Waals surface area contributed by atoms with Gasteiger partial charge in [0.15, 0.2) is 12.0 Å². The van der Waals surface area contributed by atoms with E-state index in [1.807, 2.05) is 0 Å². The minimum atomic E-state index is -1.58. The van der Waals surface area contributed by atoms with Crippen molar-refractivity contribution in [2.75, 3.05) is 13.2 Å². The highest BCUT2D eigenvalue weighted by Gasteiger charge is 2.33. The molecule has 0 fully saturated rings. The van der Waals surface area contributed by atoms with Crippen LogP contribution in [0.1, 0.15) is 40.0 Å². The number of amides is 3. The van der Waals surface area contributed by atoms with E-state index in [0.717, 1.165) is 0 Å². The molecule has 33 heavy (non-hydrogen) atoms. The number of carboxylic acids is 1. The summed E-state index contributed by atoms with van der Waals surface area (Å²) < 4.78 is 0. The van der Waals surface area contributed by atoms with E-state index in [0.29, 0.717) is 12.8 Å². The smallest absolute Gasteiger partial charge is 0.328 e. The number of hydrogen-bond acceptors (Lipinski definition) is 8. The molecule has 0 bridgehead atoms. The first-order chi connectivity index (χ1) is 15.3. The number of aliphatic carboxylic acids is 1. The van der Waals surface area contributed by atoms with Gasteiger partial charge in [0.05, 0.1) is 18.8 Å². The molecule has 0 saturated heterocycles. The van der Waals surface area contributed by atoms with Crippen LogP contribution in [0.15, 0.2) is 4.99 Å². The number of nitrogens with one attached hydrogen (secondary N) is 3. The molecule has 0 aromatic heterocycles. The summed E-state index contributed by atoms with van der Waals surface area (Å²) in [6.45, 7) is 4.11. The van der Waals surface area contributed by atoms with Crippen LogP contribution in [0, 0.1) is 5.92 Å². The molecule has 0 heterocycles. The highest BCUT2D eigenvalue weighted by Crippen LogP contribution is 2.09. The fourth-order valence-electron chi connectivity index (χ4n) is 2.71. The maximum absolute atomic E-state index is 12.6. The number of nitrogens with zero attached hydrogens (tertiary/aromatic N) is 1. The second kappa shape index (κ2) is 15.0. The van der Waals surface area contributed by atoms with Crippen LogP contribution in [0.25, 0.3) is 0 Å². The SMILES string of the molecule is CCC(C)C(NC(=O)C(CO)NC(=O)C(N)CCCN=C(N)N)C(=O)NC(C(=O)O)C(C)O. The molecule has 0 spiro atoms. The van der Waals surface area contributed by atoms with Gasteiger partial charge in [-0.15, -0.1) is 0 Å². The first kappa shape index (κ1) is 30.0. The van der Waals surface area contributed by atoms with E-state index in [9.17, 15) is 29.4 Å². The van der Waals surface area contributed by atoms with Gasteiger partial charge in [-0.3, -0.25) is 19.4 Å². The fraction of sp³-hybridized carbons (Fsp3) is 0.737. The summed E-state index contributed by atoms with van der Waals surface area (Å²) in [6.07, 6.45) is -0.303. The van der Waals surface area contributed by atoms with Crippen LogP contribution >= 0.6 is 0 Å². The Bertz CT molecular complexity index is 698. The quantitative estimate of drug-likeness (QED) is 0.0636. The van der Waals surface area contributed by atoms with E-state index in [-0.39, 0.29) is 18.9 Å². The number of carbonyl (C=O) groups is 4. The first-order valence-corrected chi connectivity index (χ1v) is 10.6. The molecule has 0 aliphatic rings. The van der Waals surface area contributed by atoms with Crippen molar-refractivity contribution in [1.82, 2.24) is 16.0 Å². The lowest BCUT2D eigenvalue weighted by molar-refractivity contribution is -0.145. The maximum Gasteiger partial charge on any atom is 0.328 e. The number of hydrogen-bond donors (Lipinski definition) is 9. The molecule has 6 unspecified atom stereocenters. The van der Waals surface area contributed by atoms with Crippen LogP contribution in [0.3, 0.4) is 0 Å². The molecule has 0 aliphatic heterocycles. The second-order valence-corrected chi connectivity index (χ2v) is 7.74. The summed E-state index contributed by atoms with van der Waals surface area (Å²) in [6, 6.07) is -5.14. The predicted octanol–water partition coefficient (Wildman–Crippen LogP) is -3.67. The molecule has 14 nitrogen and oxygen atoms in total. The first-order valence-electron chi connectivity index (χ1n) is 10.6. The summed E-state index contributed by atoms with van der Waals surface area (Å²) in [5.41, 5.74) is 16.2. The molecule has 0 saturated carbocycles. The molecule has 12 N–H and O–H groups in total. The monoisotopic (exact) mass is 475 g/mol. The Kier molecular flexibility index (Phi) is 13.6. The van der Waals surface area contributed by atoms with Crippen molar-refractivity contribution in [2.24, 2.45) is 28.1 Å². The average molecular weight is 476 g/mol. The van der Waals surface area contributed by atoms with Crippen molar-refractivity contribution in [3.05, 3.63) is 0 Å². The molecule has 0 rings (SSSR count). The maximum atomic E-state index is 12.6. The highest BCUT2D eigenvalue weighted by atomic mass is 16.4. The lowest BCUT2D eigenvalue weighted by atomic mass is 9.97. The van der Waals surface area contributed by atoms with Crippen molar-refractivity contribution in [1.29, 1.82) is 0 Å². The van der Waals surface area contributed by atoms with Gasteiger partial charge in [-0.2, -0.15) is 0 Å². The van der Waals surface area contributed by atoms with Crippen LogP contribution in [-0.4, -0.2) is 88.4 Å². The molecule has 0 radical (unpaired) electrons. The molecule has 0 aromatic carbocycles. The van der Waals surface area contributed by atoms with E-state index in [1.165, 1.54) is 6.92 Å². The summed E-state index contributed by atoms with van der Waals surface area (Å²) in [5, 5.41) is 35.2. The fourth-order valence-corrected chi connectivity index (χ4v) is 2.71. The predicted molar refractivity (Wildman–Crippen MR) is 120 cm³/mol. The highest BCUT2D eigenvalue weighted by molar-refractivity contribution is 5.94. The Hall–Kier alpha value is -2.97. The number of aliphatic imine (C=N–C) groups is 1. The van der Waals surface area contributed by atoms with E-state index in [2.05, 4.69) is 20.9 Å². The third kappa shape index (κ3) is 10.9. The molecule has 0 aromatic rings. The van der Waals surface area contributed by atoms with E-state index < -0.39 is 66.5 Å². The minimum absolute atomic E-state index is 0.0898. The number of rotatable bonds is 15. The molecule has 0 aliphatic carbocycles. The number of carbonyl (C=O) groups excluding carboxylic acids is 3. The number of carboxylic acid groups (broad SMARTS) is 1. The Morgan fingerprint density at radius 1 is 0.970 bits per heavy atom. The van der Waals surface area contributed by atoms with Crippen LogP contribution in [-0.2, 0) is 19.2 Å². The Morgan fingerprint density at radius 2 is 1.55 bits per heavy atom. The number of aliphatic hydroxyl groups excluding tert-OH is 2. The summed E-state index contributed by atoms with van der Waals surface area (Å²) >= 11 is 0. The largest absolute Gasteiger partial charge is 0.480 e. The zero-order valence-electron chi connectivity index (χ0n) is 19.2. The Balaban J connectivity index is 5.17. The van der Waals surface area contributed by atoms with Gasteiger partial charge in [-0.05, 0) is 25.7 Å². The van der Waals surface area contributed by atoms with Gasteiger partial charge < -0.3 is 48.5 Å². The number of nitrogens with two attached hydrogens (primary N) is 3. The molecular weight excluding hydrogens is 438 g/mol. The van der Waals surface area contributed by atoms with E-state index in [1.54, 1.807) is 13.8 Å². The van der Waals surface area contributed by atoms with Crippen molar-refractivity contribution in [2.45, 2.75) is 70.3 Å². The van der Waals surface area contributed by atoms with Crippen LogP contribution in [0.4, 0.5) is 0 Å². The molecule has 6 atom stereocenters. The zero-order chi connectivity index (χ0) is 25.7. The minimum Gasteiger partial charge on any atom is -0.480 e. The number of guanidine groups is 1. The summed E-state index contributed by atoms with van der Waals surface area (Å²) in [5.74, 6) is -4.34. The summed E-state index contributed by atoms with van der Waals surface area (Å²) in [7, 11) is 0. The van der Waals surface area contributed by atoms with Gasteiger partial charge in [0, 0.05) is 6.54 Å². The standard InChI is InChI=1S/C19H37N7O7/c1-4-9(2)13(17(31)26-14(10(3)28)18(32)33)25-16(30)12(8-27)24-15(29)11(20)6-5-7-23-19(21)22/h9-14,27-28H,4-8,20H2,1-3H3,(H,24,29)(H,25,30)(H,26,31)(H,32,33)(H4,21,22,23). The van der Waals surface area contributed by atoms with E-state index >= 15 is 0 Å². The van der Waals surface area contributed by atoms with Gasteiger partial charge in [0.25, 0.3) is 0 Å². The van der Waals surface area contributed by atoms with Crippen LogP contribution in [0.2, 0.25) is 0 Å². The lowest BCUT2D eigenvalue weighted by Crippen LogP contribution is -2.60. The van der Waals surface area contributed by atoms with Crippen LogP contribution < -0.4 is 33.2 Å². The van der Waals surface area contributed by atoms with Crippen molar-refractivity contribution in [3.8, 4) is 0 Å². The average Bonchev–Trinajstić information content (AvgIpc) is 2.74. The van der Waals surface area contributed by atoms with Crippen LogP contribution in [0.5, 0.6) is 0 Å². The summed E-state index contributed by atoms with van der Waals surface area (Å²) in [4.78, 5) is 52.6. The third-order valence-corrected chi connectivity index (χ3v) is 4.96. The molecule has 14 heteroatoms. The van der Waals surface area contributed by atoms with Gasteiger partial charge >= 0.3 is 5.97 Å². The normalized spacial score (nSPS) is 16.3. The van der Waals surface area contributed by atoms with Gasteiger partial charge in [-0.1, -0.05) is 20.3 Å². The third-order valence-electron chi connectivity index (χ3n) is 4.96. The van der Waals surface area contributed by atoms with Gasteiger partial charge in [0.1, 0.15) is 12.1 Å². The molecule has 190 valence electrons. The topological polar surface area (TPSA) is 255 Å². The number of aliphatic hydroxyl groups is 2. The van der Waals surface area contributed by atoms with Crippen molar-refractivity contribution in [3.63, 3.8) is 0 Å².